The predicted molar refractivity (Wildman–Crippen MR) is 163 cm³/mol. The van der Waals surface area contributed by atoms with Gasteiger partial charge in [-0.2, -0.15) is 0 Å². The summed E-state index contributed by atoms with van der Waals surface area (Å²) in [4.78, 5) is 27.6. The largest absolute Gasteiger partial charge is 0.446 e. The van der Waals surface area contributed by atoms with Crippen molar-refractivity contribution >= 4 is 39.2 Å². The standard InChI is InChI=1S/C36H36O5/c1-23(13-12-20-36(4,5)40-22-21-35(2,3)39-6)41-34(38)32-31-27-19-11-17-24-16-10-18-26(28(24)27)30(31)29(33(32)37)25-14-8-7-9-15-25/h7-11,14-19,23H,20-22H2,1-6H3. The van der Waals surface area contributed by atoms with Gasteiger partial charge in [-0.25, -0.2) is 4.79 Å². The second kappa shape index (κ2) is 11.1. The Morgan fingerprint density at radius 2 is 1.51 bits per heavy atom. The molecule has 0 radical (unpaired) electrons. The van der Waals surface area contributed by atoms with E-state index < -0.39 is 17.7 Å². The van der Waals surface area contributed by atoms with Gasteiger partial charge in [0.05, 0.1) is 17.8 Å². The Bertz CT molecular complexity index is 1640. The summed E-state index contributed by atoms with van der Waals surface area (Å²) in [6.07, 6.45) is 0.532. The van der Waals surface area contributed by atoms with Crippen molar-refractivity contribution in [3.8, 4) is 11.8 Å². The Morgan fingerprint density at radius 1 is 0.854 bits per heavy atom. The van der Waals surface area contributed by atoms with Gasteiger partial charge < -0.3 is 14.2 Å². The maximum atomic E-state index is 13.9. The molecule has 1 atom stereocenters. The summed E-state index contributed by atoms with van der Waals surface area (Å²) in [6, 6.07) is 21.6. The van der Waals surface area contributed by atoms with Crippen LogP contribution in [-0.4, -0.2) is 42.8 Å². The molecule has 3 aromatic rings. The summed E-state index contributed by atoms with van der Waals surface area (Å²) < 4.78 is 17.3. The van der Waals surface area contributed by atoms with Crippen LogP contribution in [-0.2, 0) is 23.8 Å². The number of esters is 1. The maximum Gasteiger partial charge on any atom is 0.344 e. The summed E-state index contributed by atoms with van der Waals surface area (Å²) in [5, 5.41) is 2.12. The van der Waals surface area contributed by atoms with Gasteiger partial charge in [0.25, 0.3) is 0 Å². The number of allylic oxidation sites excluding steroid dienone is 3. The second-order valence-corrected chi connectivity index (χ2v) is 11.8. The lowest BCUT2D eigenvalue weighted by Gasteiger charge is -2.27. The SMILES string of the molecule is COC(C)(C)CCOC(C)(C)CC#CC(C)OC(=O)C1=C2C(=C(c3ccccc3)C1=O)c1cccc3cccc2c13. The van der Waals surface area contributed by atoms with E-state index in [1.165, 1.54) is 0 Å². The maximum absolute atomic E-state index is 13.9. The molecule has 210 valence electrons. The van der Waals surface area contributed by atoms with Crippen molar-refractivity contribution in [2.24, 2.45) is 0 Å². The normalized spacial score (nSPS) is 15.2. The number of carbonyl (C=O) groups excluding carboxylic acids is 2. The van der Waals surface area contributed by atoms with Crippen molar-refractivity contribution in [2.75, 3.05) is 13.7 Å². The zero-order chi connectivity index (χ0) is 29.4. The van der Waals surface area contributed by atoms with E-state index in [-0.39, 0.29) is 17.0 Å². The van der Waals surface area contributed by atoms with Crippen LogP contribution in [0.5, 0.6) is 0 Å². The van der Waals surface area contributed by atoms with Gasteiger partial charge in [-0.05, 0) is 68.5 Å². The lowest BCUT2D eigenvalue weighted by molar-refractivity contribution is -0.141. The molecule has 0 fully saturated rings. The highest BCUT2D eigenvalue weighted by Gasteiger charge is 2.43. The van der Waals surface area contributed by atoms with Gasteiger partial charge in [0.1, 0.15) is 5.57 Å². The Hall–Kier alpha value is -3.98. The number of carbonyl (C=O) groups is 2. The van der Waals surface area contributed by atoms with E-state index in [0.717, 1.165) is 39.5 Å². The molecule has 5 nitrogen and oxygen atoms in total. The van der Waals surface area contributed by atoms with Crippen LogP contribution in [0.25, 0.3) is 27.5 Å². The molecule has 0 spiro atoms. The average Bonchev–Trinajstić information content (AvgIpc) is 3.41. The van der Waals surface area contributed by atoms with Crippen LogP contribution in [0.1, 0.15) is 64.2 Å². The average molecular weight is 549 g/mol. The number of hydrogen-bond acceptors (Lipinski definition) is 5. The Kier molecular flexibility index (Phi) is 7.74. The molecule has 0 saturated carbocycles. The molecule has 2 aliphatic rings. The van der Waals surface area contributed by atoms with E-state index in [9.17, 15) is 9.59 Å². The summed E-state index contributed by atoms with van der Waals surface area (Å²) >= 11 is 0. The third kappa shape index (κ3) is 5.63. The number of hydrogen-bond donors (Lipinski definition) is 0. The molecular weight excluding hydrogens is 512 g/mol. The van der Waals surface area contributed by atoms with Gasteiger partial charge in [0.15, 0.2) is 6.10 Å². The molecule has 0 bridgehead atoms. The van der Waals surface area contributed by atoms with Gasteiger partial charge in [-0.15, -0.1) is 0 Å². The molecule has 41 heavy (non-hydrogen) atoms. The first-order valence-electron chi connectivity index (χ1n) is 14.0. The van der Waals surface area contributed by atoms with Crippen LogP contribution in [0.4, 0.5) is 0 Å². The third-order valence-corrected chi connectivity index (χ3v) is 7.77. The van der Waals surface area contributed by atoms with Crippen molar-refractivity contribution in [1.82, 2.24) is 0 Å². The lowest BCUT2D eigenvalue weighted by Crippen LogP contribution is -2.29. The summed E-state index contributed by atoms with van der Waals surface area (Å²) in [5.74, 6) is 5.16. The molecule has 5 heteroatoms. The highest BCUT2D eigenvalue weighted by atomic mass is 16.5. The Balaban J connectivity index is 1.38. The molecule has 5 rings (SSSR count). The zero-order valence-corrected chi connectivity index (χ0v) is 24.6. The molecule has 0 aromatic heterocycles. The van der Waals surface area contributed by atoms with Gasteiger partial charge >= 0.3 is 5.97 Å². The van der Waals surface area contributed by atoms with Crippen LogP contribution in [0.2, 0.25) is 0 Å². The smallest absolute Gasteiger partial charge is 0.344 e. The predicted octanol–water partition coefficient (Wildman–Crippen LogP) is 7.04. The molecule has 0 amide bonds. The summed E-state index contributed by atoms with van der Waals surface area (Å²) in [7, 11) is 1.69. The Morgan fingerprint density at radius 3 is 2.17 bits per heavy atom. The lowest BCUT2D eigenvalue weighted by atomic mass is 9.95. The minimum atomic E-state index is -0.699. The molecule has 0 saturated heterocycles. The van der Waals surface area contributed by atoms with Gasteiger partial charge in [0, 0.05) is 30.2 Å². The van der Waals surface area contributed by atoms with Crippen molar-refractivity contribution in [1.29, 1.82) is 0 Å². The number of benzene rings is 3. The number of Topliss-reactive ketones (excluding diaryl/α,β-unsaturated/α-hetero) is 1. The fourth-order valence-electron chi connectivity index (χ4n) is 5.36. The van der Waals surface area contributed by atoms with Crippen molar-refractivity contribution in [3.05, 3.63) is 89.0 Å². The summed E-state index contributed by atoms with van der Waals surface area (Å²) in [5.41, 5.74) is 3.96. The minimum absolute atomic E-state index is 0.0700. The fourth-order valence-corrected chi connectivity index (χ4v) is 5.36. The fraction of sp³-hybridized carbons (Fsp3) is 0.333. The van der Waals surface area contributed by atoms with E-state index in [1.807, 2.05) is 94.4 Å². The topological polar surface area (TPSA) is 61.8 Å². The van der Waals surface area contributed by atoms with Gasteiger partial charge in [0.2, 0.25) is 5.78 Å². The molecule has 0 heterocycles. The molecule has 1 unspecified atom stereocenters. The van der Waals surface area contributed by atoms with Crippen LogP contribution in [0, 0.1) is 11.8 Å². The van der Waals surface area contributed by atoms with E-state index >= 15 is 0 Å². The second-order valence-electron chi connectivity index (χ2n) is 11.8. The molecular formula is C36H36O5. The van der Waals surface area contributed by atoms with Gasteiger partial charge in [-0.3, -0.25) is 4.79 Å². The first kappa shape index (κ1) is 28.5. The Labute approximate surface area is 242 Å². The summed E-state index contributed by atoms with van der Waals surface area (Å²) in [6.45, 7) is 10.3. The van der Waals surface area contributed by atoms with E-state index in [1.54, 1.807) is 14.0 Å². The highest BCUT2D eigenvalue weighted by molar-refractivity contribution is 6.55. The molecule has 2 aliphatic carbocycles. The number of fused-ring (bicyclic) bond motifs is 3. The first-order valence-corrected chi connectivity index (χ1v) is 14.0. The van der Waals surface area contributed by atoms with Gasteiger partial charge in [-0.1, -0.05) is 78.6 Å². The minimum Gasteiger partial charge on any atom is -0.446 e. The molecule has 0 N–H and O–H groups in total. The third-order valence-electron chi connectivity index (χ3n) is 7.77. The zero-order valence-electron chi connectivity index (χ0n) is 24.6. The van der Waals surface area contributed by atoms with Crippen LogP contribution in [0.3, 0.4) is 0 Å². The van der Waals surface area contributed by atoms with Crippen molar-refractivity contribution in [2.45, 2.75) is 64.8 Å². The quantitative estimate of drug-likeness (QED) is 0.163. The first-order chi connectivity index (χ1) is 19.5. The number of ether oxygens (including phenoxy) is 3. The van der Waals surface area contributed by atoms with E-state index in [0.29, 0.717) is 24.2 Å². The van der Waals surface area contributed by atoms with E-state index in [4.69, 9.17) is 14.2 Å². The number of rotatable bonds is 9. The van der Waals surface area contributed by atoms with Crippen LogP contribution >= 0.6 is 0 Å². The van der Waals surface area contributed by atoms with Crippen molar-refractivity contribution in [3.63, 3.8) is 0 Å². The van der Waals surface area contributed by atoms with Crippen LogP contribution in [0.15, 0.2) is 72.3 Å². The van der Waals surface area contributed by atoms with Crippen molar-refractivity contribution < 1.29 is 23.8 Å². The van der Waals surface area contributed by atoms with Crippen LogP contribution < -0.4 is 0 Å². The number of methoxy groups -OCH3 is 1. The van der Waals surface area contributed by atoms with E-state index in [2.05, 4.69) is 11.8 Å². The molecule has 3 aromatic carbocycles. The monoisotopic (exact) mass is 548 g/mol. The number of ketones is 1. The highest BCUT2D eigenvalue weighted by Crippen LogP contribution is 2.54. The molecule has 0 aliphatic heterocycles.